The van der Waals surface area contributed by atoms with Crippen molar-refractivity contribution in [3.05, 3.63) is 59.7 Å². The van der Waals surface area contributed by atoms with Gasteiger partial charge in [0.1, 0.15) is 0 Å². The maximum atomic E-state index is 12.9. The second-order valence-electron chi connectivity index (χ2n) is 4.54. The third-order valence-electron chi connectivity index (χ3n) is 2.88. The minimum atomic E-state index is -4.82. The monoisotopic (exact) mass is 344 g/mol. The topological polar surface area (TPSA) is 89.3 Å². The van der Waals surface area contributed by atoms with Crippen molar-refractivity contribution in [1.82, 2.24) is 0 Å². The number of carbonyl (C=O) groups excluding carboxylic acids is 1. The molecule has 9 heteroatoms. The van der Waals surface area contributed by atoms with Gasteiger partial charge < -0.3 is 5.73 Å². The summed E-state index contributed by atoms with van der Waals surface area (Å²) in [7, 11) is -4.49. The highest BCUT2D eigenvalue weighted by Gasteiger charge is 2.36. The number of hydrogen-bond donors (Lipinski definition) is 2. The number of primary amides is 1. The predicted octanol–water partition coefficient (Wildman–Crippen LogP) is 2.61. The van der Waals surface area contributed by atoms with Crippen LogP contribution in [0.5, 0.6) is 0 Å². The largest absolute Gasteiger partial charge is 0.417 e. The molecule has 0 spiro atoms. The van der Waals surface area contributed by atoms with E-state index < -0.39 is 32.6 Å². The van der Waals surface area contributed by atoms with Gasteiger partial charge in [0.2, 0.25) is 5.91 Å². The average Bonchev–Trinajstić information content (AvgIpc) is 2.46. The first-order valence-electron chi connectivity index (χ1n) is 6.20. The molecule has 1 amide bonds. The van der Waals surface area contributed by atoms with Gasteiger partial charge in [-0.2, -0.15) is 13.2 Å². The summed E-state index contributed by atoms with van der Waals surface area (Å²) in [6.07, 6.45) is -4.82. The number of nitrogens with two attached hydrogens (primary N) is 1. The summed E-state index contributed by atoms with van der Waals surface area (Å²) in [4.78, 5) is 10.2. The lowest BCUT2D eigenvalue weighted by atomic mass is 10.2. The molecule has 0 aromatic heterocycles. The highest BCUT2D eigenvalue weighted by atomic mass is 32.2. The van der Waals surface area contributed by atoms with E-state index in [1.165, 1.54) is 24.3 Å². The van der Waals surface area contributed by atoms with Gasteiger partial charge in [0, 0.05) is 11.3 Å². The molecule has 0 saturated carbocycles. The van der Waals surface area contributed by atoms with Crippen molar-refractivity contribution in [2.75, 3.05) is 4.72 Å². The molecule has 0 saturated heterocycles. The van der Waals surface area contributed by atoms with Crippen molar-refractivity contribution < 1.29 is 26.4 Å². The van der Waals surface area contributed by atoms with Crippen LogP contribution in [0.15, 0.2) is 53.4 Å². The van der Waals surface area contributed by atoms with Gasteiger partial charge in [0.25, 0.3) is 10.0 Å². The van der Waals surface area contributed by atoms with Gasteiger partial charge in [-0.15, -0.1) is 0 Å². The standard InChI is InChI=1S/C14H11F3N2O3S/c15-14(16,17)11-6-1-2-7-12(11)23(21,22)19-10-5-3-4-9(8-10)13(18)20/h1-8,19H,(H2,18,20). The minimum Gasteiger partial charge on any atom is -0.366 e. The third-order valence-corrected chi connectivity index (χ3v) is 4.32. The first kappa shape index (κ1) is 16.8. The first-order chi connectivity index (χ1) is 10.6. The molecule has 0 aliphatic rings. The van der Waals surface area contributed by atoms with E-state index in [9.17, 15) is 26.4 Å². The Morgan fingerprint density at radius 2 is 1.70 bits per heavy atom. The number of benzene rings is 2. The van der Waals surface area contributed by atoms with Crippen LogP contribution in [0, 0.1) is 0 Å². The average molecular weight is 344 g/mol. The zero-order valence-corrected chi connectivity index (χ0v) is 12.3. The van der Waals surface area contributed by atoms with Crippen molar-refractivity contribution in [3.63, 3.8) is 0 Å². The first-order valence-corrected chi connectivity index (χ1v) is 7.68. The molecule has 5 nitrogen and oxygen atoms in total. The van der Waals surface area contributed by atoms with Crippen LogP contribution in [0.2, 0.25) is 0 Å². The molecule has 2 aromatic rings. The second-order valence-corrected chi connectivity index (χ2v) is 6.20. The van der Waals surface area contributed by atoms with E-state index in [1.54, 1.807) is 0 Å². The molecule has 0 bridgehead atoms. The van der Waals surface area contributed by atoms with Gasteiger partial charge in [-0.1, -0.05) is 18.2 Å². The number of hydrogen-bond acceptors (Lipinski definition) is 3. The number of alkyl halides is 3. The Hall–Kier alpha value is -2.55. The van der Waals surface area contributed by atoms with Gasteiger partial charge in [0.05, 0.1) is 10.5 Å². The molecule has 0 fully saturated rings. The maximum Gasteiger partial charge on any atom is 0.417 e. The fourth-order valence-corrected chi connectivity index (χ4v) is 3.16. The highest BCUT2D eigenvalue weighted by Crippen LogP contribution is 2.34. The lowest BCUT2D eigenvalue weighted by Gasteiger charge is -2.14. The molecule has 3 N–H and O–H groups in total. The molecule has 0 unspecified atom stereocenters. The Balaban J connectivity index is 2.45. The minimum absolute atomic E-state index is 0.0225. The Labute approximate surface area is 130 Å². The molecule has 0 aliphatic carbocycles. The summed E-state index contributed by atoms with van der Waals surface area (Å²) in [6.45, 7) is 0. The number of nitrogens with one attached hydrogen (secondary N) is 1. The predicted molar refractivity (Wildman–Crippen MR) is 77.2 cm³/mol. The Bertz CT molecular complexity index is 848. The number of rotatable bonds is 4. The van der Waals surface area contributed by atoms with Crippen molar-refractivity contribution in [1.29, 1.82) is 0 Å². The number of sulfonamides is 1. The van der Waals surface area contributed by atoms with E-state index in [-0.39, 0.29) is 11.3 Å². The summed E-state index contributed by atoms with van der Waals surface area (Å²) in [5.41, 5.74) is 3.75. The van der Waals surface area contributed by atoms with Crippen molar-refractivity contribution in [3.8, 4) is 0 Å². The Morgan fingerprint density at radius 3 is 2.30 bits per heavy atom. The van der Waals surface area contributed by atoms with E-state index in [0.717, 1.165) is 18.2 Å². The Kier molecular flexibility index (Phi) is 4.33. The van der Waals surface area contributed by atoms with E-state index in [0.29, 0.717) is 6.07 Å². The quantitative estimate of drug-likeness (QED) is 0.893. The smallest absolute Gasteiger partial charge is 0.366 e. The molecule has 0 atom stereocenters. The van der Waals surface area contributed by atoms with Crippen molar-refractivity contribution >= 4 is 21.6 Å². The molecular formula is C14H11F3N2O3S. The van der Waals surface area contributed by atoms with Gasteiger partial charge in [-0.3, -0.25) is 9.52 Å². The number of amides is 1. The molecule has 0 radical (unpaired) electrons. The summed E-state index contributed by atoms with van der Waals surface area (Å²) >= 11 is 0. The summed E-state index contributed by atoms with van der Waals surface area (Å²) in [6, 6.07) is 8.93. The number of carbonyl (C=O) groups is 1. The van der Waals surface area contributed by atoms with Crippen molar-refractivity contribution in [2.45, 2.75) is 11.1 Å². The van der Waals surface area contributed by atoms with Crippen molar-refractivity contribution in [2.24, 2.45) is 5.73 Å². The second kappa shape index (κ2) is 5.92. The van der Waals surface area contributed by atoms with Gasteiger partial charge in [-0.25, -0.2) is 8.42 Å². The van der Waals surface area contributed by atoms with Crippen LogP contribution in [0.25, 0.3) is 0 Å². The lowest BCUT2D eigenvalue weighted by Crippen LogP contribution is -2.19. The van der Waals surface area contributed by atoms with Gasteiger partial charge in [-0.05, 0) is 30.3 Å². The van der Waals surface area contributed by atoms with Crippen LogP contribution in [0.1, 0.15) is 15.9 Å². The molecule has 0 aliphatic heterocycles. The molecule has 2 aromatic carbocycles. The zero-order chi connectivity index (χ0) is 17.3. The van der Waals surface area contributed by atoms with Crippen LogP contribution >= 0.6 is 0 Å². The fraction of sp³-hybridized carbons (Fsp3) is 0.0714. The third kappa shape index (κ3) is 3.81. The SMILES string of the molecule is NC(=O)c1cccc(NS(=O)(=O)c2ccccc2C(F)(F)F)c1. The van der Waals surface area contributed by atoms with Crippen LogP contribution in [-0.2, 0) is 16.2 Å². The maximum absolute atomic E-state index is 12.9. The van der Waals surface area contributed by atoms with E-state index >= 15 is 0 Å². The zero-order valence-electron chi connectivity index (χ0n) is 11.5. The van der Waals surface area contributed by atoms with Gasteiger partial charge >= 0.3 is 6.18 Å². The van der Waals surface area contributed by atoms with Crippen LogP contribution in [-0.4, -0.2) is 14.3 Å². The van der Waals surface area contributed by atoms with E-state index in [2.05, 4.69) is 0 Å². The van der Waals surface area contributed by atoms with Gasteiger partial charge in [0.15, 0.2) is 0 Å². The molecule has 2 rings (SSSR count). The summed E-state index contributed by atoms with van der Waals surface area (Å²) in [5, 5.41) is 0. The number of anilines is 1. The number of halogens is 3. The summed E-state index contributed by atoms with van der Waals surface area (Å²) < 4.78 is 65.3. The molecule has 0 heterocycles. The fourth-order valence-electron chi connectivity index (χ4n) is 1.88. The summed E-state index contributed by atoms with van der Waals surface area (Å²) in [5.74, 6) is -0.790. The normalized spacial score (nSPS) is 12.0. The van der Waals surface area contributed by atoms with Crippen LogP contribution in [0.3, 0.4) is 0 Å². The highest BCUT2D eigenvalue weighted by molar-refractivity contribution is 7.92. The van der Waals surface area contributed by atoms with Crippen LogP contribution < -0.4 is 10.5 Å². The molecule has 122 valence electrons. The van der Waals surface area contributed by atoms with E-state index in [1.807, 2.05) is 4.72 Å². The van der Waals surface area contributed by atoms with E-state index in [4.69, 9.17) is 5.73 Å². The lowest BCUT2D eigenvalue weighted by molar-refractivity contribution is -0.139. The molecule has 23 heavy (non-hydrogen) atoms. The Morgan fingerprint density at radius 1 is 1.04 bits per heavy atom. The van der Waals surface area contributed by atoms with Crippen LogP contribution in [0.4, 0.5) is 18.9 Å². The molecular weight excluding hydrogens is 333 g/mol.